The van der Waals surface area contributed by atoms with Crippen LogP contribution in [0.2, 0.25) is 0 Å². The highest BCUT2D eigenvalue weighted by Gasteiger charge is 2.26. The van der Waals surface area contributed by atoms with Crippen molar-refractivity contribution in [3.63, 3.8) is 0 Å². The van der Waals surface area contributed by atoms with Crippen molar-refractivity contribution in [2.45, 2.75) is 33.1 Å². The van der Waals surface area contributed by atoms with Gasteiger partial charge in [-0.3, -0.25) is 9.97 Å². The molecule has 1 aliphatic rings. The van der Waals surface area contributed by atoms with Gasteiger partial charge in [0.15, 0.2) is 0 Å². The highest BCUT2D eigenvalue weighted by molar-refractivity contribution is 5.73. The SMILES string of the molecule is COc1cc(-c2ccc3c(n2)CC(C)(C)CC3)ccc1-c1ccccn1. The molecule has 0 atom stereocenters. The van der Waals surface area contributed by atoms with Crippen molar-refractivity contribution in [1.82, 2.24) is 9.97 Å². The summed E-state index contributed by atoms with van der Waals surface area (Å²) in [6.07, 6.45) is 5.19. The highest BCUT2D eigenvalue weighted by atomic mass is 16.5. The molecule has 0 spiro atoms. The molecule has 4 rings (SSSR count). The van der Waals surface area contributed by atoms with Crippen LogP contribution in [0.3, 0.4) is 0 Å². The Bertz CT molecular complexity index is 932. The van der Waals surface area contributed by atoms with E-state index in [0.717, 1.165) is 41.1 Å². The number of hydrogen-bond acceptors (Lipinski definition) is 3. The summed E-state index contributed by atoms with van der Waals surface area (Å²) in [5, 5.41) is 0. The molecule has 0 unspecified atom stereocenters. The van der Waals surface area contributed by atoms with Crippen LogP contribution in [0.25, 0.3) is 22.5 Å². The molecule has 1 aliphatic carbocycles. The number of aryl methyl sites for hydroxylation is 1. The third-order valence-electron chi connectivity index (χ3n) is 5.22. The molecule has 0 aliphatic heterocycles. The van der Waals surface area contributed by atoms with E-state index in [1.165, 1.54) is 17.7 Å². The van der Waals surface area contributed by atoms with Gasteiger partial charge in [0.1, 0.15) is 5.75 Å². The lowest BCUT2D eigenvalue weighted by Crippen LogP contribution is -2.23. The molecule has 2 heterocycles. The Labute approximate surface area is 155 Å². The number of benzene rings is 1. The molecule has 0 bridgehead atoms. The zero-order valence-corrected chi connectivity index (χ0v) is 15.6. The van der Waals surface area contributed by atoms with Gasteiger partial charge in [0.05, 0.1) is 18.5 Å². The van der Waals surface area contributed by atoms with Crippen LogP contribution in [-0.4, -0.2) is 17.1 Å². The Morgan fingerprint density at radius 1 is 1.00 bits per heavy atom. The van der Waals surface area contributed by atoms with Gasteiger partial charge in [-0.25, -0.2) is 0 Å². The van der Waals surface area contributed by atoms with Gasteiger partial charge in [0, 0.05) is 23.0 Å². The van der Waals surface area contributed by atoms with Crippen LogP contribution in [0.1, 0.15) is 31.5 Å². The molecule has 0 saturated heterocycles. The summed E-state index contributed by atoms with van der Waals surface area (Å²) in [4.78, 5) is 9.42. The molecule has 0 saturated carbocycles. The summed E-state index contributed by atoms with van der Waals surface area (Å²) in [5.74, 6) is 0.820. The van der Waals surface area contributed by atoms with Crippen molar-refractivity contribution >= 4 is 0 Å². The zero-order valence-electron chi connectivity index (χ0n) is 15.6. The first-order chi connectivity index (χ1) is 12.6. The fraction of sp³-hybridized carbons (Fsp3) is 0.304. The zero-order chi connectivity index (χ0) is 18.1. The lowest BCUT2D eigenvalue weighted by molar-refractivity contribution is 0.311. The van der Waals surface area contributed by atoms with Crippen molar-refractivity contribution in [3.05, 3.63) is 66.0 Å². The fourth-order valence-corrected chi connectivity index (χ4v) is 3.67. The molecular formula is C23H24N2O. The fourth-order valence-electron chi connectivity index (χ4n) is 3.67. The van der Waals surface area contributed by atoms with E-state index in [9.17, 15) is 0 Å². The molecule has 0 fully saturated rings. The van der Waals surface area contributed by atoms with E-state index in [1.807, 2.05) is 18.2 Å². The summed E-state index contributed by atoms with van der Waals surface area (Å²) in [6, 6.07) is 16.5. The molecule has 132 valence electrons. The number of ether oxygens (including phenoxy) is 1. The van der Waals surface area contributed by atoms with Crippen LogP contribution in [-0.2, 0) is 12.8 Å². The van der Waals surface area contributed by atoms with Crippen LogP contribution < -0.4 is 4.74 Å². The number of aromatic nitrogens is 2. The number of nitrogens with zero attached hydrogens (tertiary/aromatic N) is 2. The number of rotatable bonds is 3. The average Bonchev–Trinajstić information content (AvgIpc) is 2.67. The first-order valence-corrected chi connectivity index (χ1v) is 9.14. The lowest BCUT2D eigenvalue weighted by atomic mass is 9.76. The van der Waals surface area contributed by atoms with Crippen LogP contribution in [0.4, 0.5) is 0 Å². The minimum Gasteiger partial charge on any atom is -0.496 e. The second-order valence-electron chi connectivity index (χ2n) is 7.77. The van der Waals surface area contributed by atoms with Crippen molar-refractivity contribution in [1.29, 1.82) is 0 Å². The third kappa shape index (κ3) is 3.22. The second-order valence-corrected chi connectivity index (χ2v) is 7.77. The number of methoxy groups -OCH3 is 1. The molecule has 1 aromatic carbocycles. The molecule has 2 aromatic heterocycles. The van der Waals surface area contributed by atoms with Gasteiger partial charge in [0.2, 0.25) is 0 Å². The molecule has 0 amide bonds. The van der Waals surface area contributed by atoms with Crippen LogP contribution in [0.15, 0.2) is 54.7 Å². The predicted octanol–water partition coefficient (Wildman–Crippen LogP) is 5.33. The largest absolute Gasteiger partial charge is 0.496 e. The van der Waals surface area contributed by atoms with Gasteiger partial charge in [-0.1, -0.05) is 32.0 Å². The van der Waals surface area contributed by atoms with Crippen molar-refractivity contribution in [2.24, 2.45) is 5.41 Å². The summed E-state index contributed by atoms with van der Waals surface area (Å²) in [5.41, 5.74) is 6.96. The smallest absolute Gasteiger partial charge is 0.128 e. The predicted molar refractivity (Wildman–Crippen MR) is 105 cm³/mol. The monoisotopic (exact) mass is 344 g/mol. The normalized spacial score (nSPS) is 15.3. The van der Waals surface area contributed by atoms with Gasteiger partial charge in [-0.15, -0.1) is 0 Å². The first-order valence-electron chi connectivity index (χ1n) is 9.14. The van der Waals surface area contributed by atoms with Gasteiger partial charge < -0.3 is 4.74 Å². The summed E-state index contributed by atoms with van der Waals surface area (Å²) >= 11 is 0. The number of fused-ring (bicyclic) bond motifs is 1. The highest BCUT2D eigenvalue weighted by Crippen LogP contribution is 2.36. The summed E-state index contributed by atoms with van der Waals surface area (Å²) < 4.78 is 5.64. The molecule has 3 heteroatoms. The maximum atomic E-state index is 5.64. The standard InChI is InChI=1S/C23H24N2O/c1-23(2)12-11-16-8-10-19(25-21(16)15-23)17-7-9-18(22(14-17)26-3)20-6-4-5-13-24-20/h4-10,13-14H,11-12,15H2,1-3H3. The molecule has 3 nitrogen and oxygen atoms in total. The van der Waals surface area contributed by atoms with E-state index < -0.39 is 0 Å². The van der Waals surface area contributed by atoms with Crippen LogP contribution in [0.5, 0.6) is 5.75 Å². The van der Waals surface area contributed by atoms with E-state index in [2.05, 4.69) is 49.2 Å². The molecule has 3 aromatic rings. The van der Waals surface area contributed by atoms with E-state index >= 15 is 0 Å². The summed E-state index contributed by atoms with van der Waals surface area (Å²) in [6.45, 7) is 4.66. The molecular weight excluding hydrogens is 320 g/mol. The number of hydrogen-bond donors (Lipinski definition) is 0. The van der Waals surface area contributed by atoms with Crippen LogP contribution in [0, 0.1) is 5.41 Å². The van der Waals surface area contributed by atoms with Crippen molar-refractivity contribution < 1.29 is 4.74 Å². The van der Waals surface area contributed by atoms with E-state index in [1.54, 1.807) is 13.3 Å². The van der Waals surface area contributed by atoms with E-state index in [-0.39, 0.29) is 0 Å². The topological polar surface area (TPSA) is 35.0 Å². The van der Waals surface area contributed by atoms with Gasteiger partial charge in [-0.05, 0) is 60.6 Å². The Kier molecular flexibility index (Phi) is 4.23. The Morgan fingerprint density at radius 2 is 1.88 bits per heavy atom. The van der Waals surface area contributed by atoms with Gasteiger partial charge >= 0.3 is 0 Å². The maximum Gasteiger partial charge on any atom is 0.128 e. The number of pyridine rings is 2. The molecule has 26 heavy (non-hydrogen) atoms. The Hall–Kier alpha value is -2.68. The van der Waals surface area contributed by atoms with Gasteiger partial charge in [-0.2, -0.15) is 0 Å². The molecule has 0 radical (unpaired) electrons. The van der Waals surface area contributed by atoms with E-state index in [0.29, 0.717) is 5.41 Å². The lowest BCUT2D eigenvalue weighted by Gasteiger charge is -2.30. The Morgan fingerprint density at radius 3 is 2.65 bits per heavy atom. The van der Waals surface area contributed by atoms with Gasteiger partial charge in [0.25, 0.3) is 0 Å². The van der Waals surface area contributed by atoms with Crippen molar-refractivity contribution in [2.75, 3.05) is 7.11 Å². The van der Waals surface area contributed by atoms with Crippen molar-refractivity contribution in [3.8, 4) is 28.3 Å². The average molecular weight is 344 g/mol. The second kappa shape index (κ2) is 6.56. The maximum absolute atomic E-state index is 5.64. The minimum atomic E-state index is 0.332. The Balaban J connectivity index is 1.73. The van der Waals surface area contributed by atoms with Crippen LogP contribution >= 0.6 is 0 Å². The van der Waals surface area contributed by atoms with E-state index in [4.69, 9.17) is 9.72 Å². The third-order valence-corrected chi connectivity index (χ3v) is 5.22. The minimum absolute atomic E-state index is 0.332. The molecule has 0 N–H and O–H groups in total. The quantitative estimate of drug-likeness (QED) is 0.644. The summed E-state index contributed by atoms with van der Waals surface area (Å²) in [7, 11) is 1.70. The first kappa shape index (κ1) is 16.8.